The largest absolute Gasteiger partial charge is 0.338 e. The molecule has 0 fully saturated rings. The van der Waals surface area contributed by atoms with E-state index in [-0.39, 0.29) is 5.91 Å². The van der Waals surface area contributed by atoms with E-state index >= 15 is 0 Å². The Kier molecular flexibility index (Phi) is 2.04. The smallest absolute Gasteiger partial charge is 0.222 e. The Bertz CT molecular complexity index is 318. The molecule has 70 valence electrons. The first-order chi connectivity index (χ1) is 6.31. The number of fused-ring (bicyclic) bond motifs is 1. The van der Waals surface area contributed by atoms with Gasteiger partial charge in [0.25, 0.3) is 0 Å². The van der Waals surface area contributed by atoms with Crippen LogP contribution in [0.4, 0.5) is 0 Å². The molecule has 0 radical (unpaired) electrons. The molecule has 4 nitrogen and oxygen atoms in total. The van der Waals surface area contributed by atoms with E-state index in [0.717, 1.165) is 25.1 Å². The predicted molar refractivity (Wildman–Crippen MR) is 48.0 cm³/mol. The van der Waals surface area contributed by atoms with Crippen molar-refractivity contribution in [1.82, 2.24) is 15.1 Å². The SMILES string of the molecule is CCC(=O)N1CCc2[nH]ncc2C1. The fourth-order valence-corrected chi connectivity index (χ4v) is 1.66. The third kappa shape index (κ3) is 1.43. The lowest BCUT2D eigenvalue weighted by Crippen LogP contribution is -2.35. The summed E-state index contributed by atoms with van der Waals surface area (Å²) in [6.07, 6.45) is 3.30. The third-order valence-electron chi connectivity index (χ3n) is 2.46. The third-order valence-corrected chi connectivity index (χ3v) is 2.46. The molecule has 1 aromatic heterocycles. The average molecular weight is 179 g/mol. The number of nitrogens with one attached hydrogen (secondary N) is 1. The van der Waals surface area contributed by atoms with Gasteiger partial charge < -0.3 is 4.90 Å². The molecular formula is C9H13N3O. The standard InChI is InChI=1S/C9H13N3O/c1-2-9(13)12-4-3-8-7(6-12)5-10-11-8/h5H,2-4,6H2,1H3,(H,10,11). The zero-order valence-corrected chi connectivity index (χ0v) is 7.71. The van der Waals surface area contributed by atoms with Crippen molar-refractivity contribution in [3.63, 3.8) is 0 Å². The van der Waals surface area contributed by atoms with Gasteiger partial charge in [-0.25, -0.2) is 0 Å². The Morgan fingerprint density at radius 1 is 1.77 bits per heavy atom. The summed E-state index contributed by atoms with van der Waals surface area (Å²) < 4.78 is 0. The van der Waals surface area contributed by atoms with Gasteiger partial charge in [0.15, 0.2) is 0 Å². The number of rotatable bonds is 1. The van der Waals surface area contributed by atoms with E-state index in [1.165, 1.54) is 5.69 Å². The van der Waals surface area contributed by atoms with E-state index in [9.17, 15) is 4.79 Å². The molecule has 1 aromatic rings. The van der Waals surface area contributed by atoms with Crippen molar-refractivity contribution in [3.8, 4) is 0 Å². The zero-order chi connectivity index (χ0) is 9.26. The molecule has 0 unspecified atom stereocenters. The van der Waals surface area contributed by atoms with Gasteiger partial charge in [-0.15, -0.1) is 0 Å². The van der Waals surface area contributed by atoms with Gasteiger partial charge in [-0.2, -0.15) is 5.10 Å². The van der Waals surface area contributed by atoms with Gasteiger partial charge in [0, 0.05) is 37.2 Å². The molecule has 0 aromatic carbocycles. The quantitative estimate of drug-likeness (QED) is 0.690. The number of carbonyl (C=O) groups is 1. The van der Waals surface area contributed by atoms with Crippen molar-refractivity contribution < 1.29 is 4.79 Å². The molecule has 1 amide bonds. The monoisotopic (exact) mass is 179 g/mol. The van der Waals surface area contributed by atoms with Gasteiger partial charge in [-0.05, 0) is 0 Å². The van der Waals surface area contributed by atoms with Crippen LogP contribution >= 0.6 is 0 Å². The first kappa shape index (κ1) is 8.29. The van der Waals surface area contributed by atoms with Crippen molar-refractivity contribution in [2.45, 2.75) is 26.3 Å². The molecule has 4 heteroatoms. The predicted octanol–water partition coefficient (Wildman–Crippen LogP) is 0.704. The van der Waals surface area contributed by atoms with E-state index in [0.29, 0.717) is 6.42 Å². The van der Waals surface area contributed by atoms with Crippen molar-refractivity contribution >= 4 is 5.91 Å². The van der Waals surface area contributed by atoms with Gasteiger partial charge in [-0.1, -0.05) is 6.92 Å². The van der Waals surface area contributed by atoms with Crippen LogP contribution in [0.2, 0.25) is 0 Å². The molecule has 0 atom stereocenters. The Hall–Kier alpha value is -1.32. The van der Waals surface area contributed by atoms with Gasteiger partial charge in [-0.3, -0.25) is 9.89 Å². The summed E-state index contributed by atoms with van der Waals surface area (Å²) in [7, 11) is 0. The summed E-state index contributed by atoms with van der Waals surface area (Å²) in [6.45, 7) is 3.44. The number of carbonyl (C=O) groups excluding carboxylic acids is 1. The zero-order valence-electron chi connectivity index (χ0n) is 7.71. The minimum Gasteiger partial charge on any atom is -0.338 e. The van der Waals surface area contributed by atoms with Gasteiger partial charge in [0.05, 0.1) is 6.20 Å². The second kappa shape index (κ2) is 3.20. The molecule has 2 rings (SSSR count). The van der Waals surface area contributed by atoms with Crippen LogP contribution in [0.5, 0.6) is 0 Å². The van der Waals surface area contributed by atoms with Crippen molar-refractivity contribution in [2.75, 3.05) is 6.54 Å². The van der Waals surface area contributed by atoms with Gasteiger partial charge in [0.2, 0.25) is 5.91 Å². The fourth-order valence-electron chi connectivity index (χ4n) is 1.66. The van der Waals surface area contributed by atoms with Crippen molar-refractivity contribution in [2.24, 2.45) is 0 Å². The minimum absolute atomic E-state index is 0.229. The van der Waals surface area contributed by atoms with Crippen LogP contribution in [-0.2, 0) is 17.8 Å². The second-order valence-electron chi connectivity index (χ2n) is 3.29. The summed E-state index contributed by atoms with van der Waals surface area (Å²) in [5, 5.41) is 6.91. The lowest BCUT2D eigenvalue weighted by molar-refractivity contribution is -0.131. The Labute approximate surface area is 76.9 Å². The molecule has 1 aliphatic heterocycles. The normalized spacial score (nSPS) is 15.6. The van der Waals surface area contributed by atoms with Crippen LogP contribution in [-0.4, -0.2) is 27.5 Å². The molecule has 1 aliphatic rings. The van der Waals surface area contributed by atoms with Crippen LogP contribution in [0.15, 0.2) is 6.20 Å². The van der Waals surface area contributed by atoms with Crippen molar-refractivity contribution in [3.05, 3.63) is 17.5 Å². The average Bonchev–Trinajstić information content (AvgIpc) is 2.63. The highest BCUT2D eigenvalue weighted by Crippen LogP contribution is 2.16. The van der Waals surface area contributed by atoms with Gasteiger partial charge in [0.1, 0.15) is 0 Å². The van der Waals surface area contributed by atoms with E-state index in [1.54, 1.807) is 0 Å². The number of aromatic amines is 1. The number of hydrogen-bond acceptors (Lipinski definition) is 2. The molecule has 0 aliphatic carbocycles. The maximum Gasteiger partial charge on any atom is 0.222 e. The number of aromatic nitrogens is 2. The highest BCUT2D eigenvalue weighted by atomic mass is 16.2. The Morgan fingerprint density at radius 2 is 2.62 bits per heavy atom. The minimum atomic E-state index is 0.229. The Balaban J connectivity index is 2.13. The molecule has 0 bridgehead atoms. The molecule has 0 saturated carbocycles. The molecule has 0 saturated heterocycles. The first-order valence-electron chi connectivity index (χ1n) is 4.60. The van der Waals surface area contributed by atoms with Crippen LogP contribution in [0.25, 0.3) is 0 Å². The summed E-state index contributed by atoms with van der Waals surface area (Å²) in [5.74, 6) is 0.229. The van der Waals surface area contributed by atoms with E-state index in [2.05, 4.69) is 10.2 Å². The lowest BCUT2D eigenvalue weighted by Gasteiger charge is -2.26. The van der Waals surface area contributed by atoms with Crippen LogP contribution in [0.1, 0.15) is 24.6 Å². The number of hydrogen-bond donors (Lipinski definition) is 1. The molecule has 0 spiro atoms. The highest BCUT2D eigenvalue weighted by Gasteiger charge is 2.20. The van der Waals surface area contributed by atoms with Gasteiger partial charge >= 0.3 is 0 Å². The van der Waals surface area contributed by atoms with E-state index in [1.807, 2.05) is 18.0 Å². The van der Waals surface area contributed by atoms with Crippen molar-refractivity contribution in [1.29, 1.82) is 0 Å². The first-order valence-corrected chi connectivity index (χ1v) is 4.60. The number of nitrogens with zero attached hydrogens (tertiary/aromatic N) is 2. The Morgan fingerprint density at radius 3 is 3.38 bits per heavy atom. The maximum atomic E-state index is 11.4. The summed E-state index contributed by atoms with van der Waals surface area (Å²) in [6, 6.07) is 0. The van der Waals surface area contributed by atoms with E-state index in [4.69, 9.17) is 0 Å². The topological polar surface area (TPSA) is 49.0 Å². The second-order valence-corrected chi connectivity index (χ2v) is 3.29. The molecule has 13 heavy (non-hydrogen) atoms. The maximum absolute atomic E-state index is 11.4. The number of amides is 1. The molecule has 1 N–H and O–H groups in total. The highest BCUT2D eigenvalue weighted by molar-refractivity contribution is 5.76. The summed E-state index contributed by atoms with van der Waals surface area (Å²) in [5.41, 5.74) is 2.34. The molecular weight excluding hydrogens is 166 g/mol. The van der Waals surface area contributed by atoms with Crippen LogP contribution in [0.3, 0.4) is 0 Å². The lowest BCUT2D eigenvalue weighted by atomic mass is 10.1. The fraction of sp³-hybridized carbons (Fsp3) is 0.556. The molecule has 2 heterocycles. The number of H-pyrrole nitrogens is 1. The summed E-state index contributed by atoms with van der Waals surface area (Å²) in [4.78, 5) is 13.3. The van der Waals surface area contributed by atoms with Crippen LogP contribution in [0, 0.1) is 0 Å². The van der Waals surface area contributed by atoms with Crippen LogP contribution < -0.4 is 0 Å². The van der Waals surface area contributed by atoms with E-state index < -0.39 is 0 Å². The summed E-state index contributed by atoms with van der Waals surface area (Å²) >= 11 is 0.